The summed E-state index contributed by atoms with van der Waals surface area (Å²) in [4.78, 5) is 10.9. The Bertz CT molecular complexity index is 601. The van der Waals surface area contributed by atoms with Gasteiger partial charge in [-0.1, -0.05) is 42.5 Å². The molecule has 0 aliphatic rings. The zero-order valence-electron chi connectivity index (χ0n) is 10.9. The Hall–Kier alpha value is -2.42. The van der Waals surface area contributed by atoms with E-state index in [1.165, 1.54) is 18.2 Å². The van der Waals surface area contributed by atoms with Crippen molar-refractivity contribution < 1.29 is 14.3 Å². The first-order valence-corrected chi connectivity index (χ1v) is 6.38. The summed E-state index contributed by atoms with van der Waals surface area (Å²) in [5.41, 5.74) is 2.65. The van der Waals surface area contributed by atoms with E-state index < -0.39 is 5.97 Å². The van der Waals surface area contributed by atoms with Crippen LogP contribution in [0.1, 0.15) is 17.5 Å². The van der Waals surface area contributed by atoms with E-state index in [2.05, 4.69) is 0 Å². The molecule has 0 amide bonds. The Morgan fingerprint density at radius 1 is 1.05 bits per heavy atom. The number of carboxylic acid groups (broad SMARTS) is 1. The van der Waals surface area contributed by atoms with Gasteiger partial charge in [-0.2, -0.15) is 0 Å². The number of rotatable bonds is 5. The van der Waals surface area contributed by atoms with Crippen LogP contribution in [0.3, 0.4) is 0 Å². The van der Waals surface area contributed by atoms with Crippen LogP contribution in [-0.4, -0.2) is 11.1 Å². The summed E-state index contributed by atoms with van der Waals surface area (Å²) in [6, 6.07) is 15.7. The lowest BCUT2D eigenvalue weighted by Gasteiger charge is -2.07. The summed E-state index contributed by atoms with van der Waals surface area (Å²) in [6.07, 6.45) is 2.51. The molecule has 0 heterocycles. The van der Waals surface area contributed by atoms with Crippen molar-refractivity contribution in [2.24, 2.45) is 0 Å². The molecule has 20 heavy (non-hydrogen) atoms. The van der Waals surface area contributed by atoms with Crippen LogP contribution in [0.25, 0.3) is 5.57 Å². The SMILES string of the molecule is O=C(O)/C=C(\CCc1ccc(F)cc1)c1ccccc1. The number of aliphatic carboxylic acids is 1. The fraction of sp³-hybridized carbons (Fsp3) is 0.118. The standard InChI is InChI=1S/C17H15FO2/c18-16-10-7-13(8-11-16)6-9-15(12-17(19)20)14-4-2-1-3-5-14/h1-5,7-8,10-12H,6,9H2,(H,19,20)/b15-12+. The van der Waals surface area contributed by atoms with E-state index in [0.29, 0.717) is 12.8 Å². The van der Waals surface area contributed by atoms with Crippen molar-refractivity contribution in [2.75, 3.05) is 0 Å². The summed E-state index contributed by atoms with van der Waals surface area (Å²) >= 11 is 0. The molecule has 0 aliphatic heterocycles. The Balaban J connectivity index is 2.13. The lowest BCUT2D eigenvalue weighted by atomic mass is 9.98. The van der Waals surface area contributed by atoms with Gasteiger partial charge >= 0.3 is 5.97 Å². The minimum absolute atomic E-state index is 0.266. The molecule has 3 heteroatoms. The Morgan fingerprint density at radius 2 is 1.70 bits per heavy atom. The second-order valence-corrected chi connectivity index (χ2v) is 4.50. The number of aryl methyl sites for hydroxylation is 1. The number of benzene rings is 2. The van der Waals surface area contributed by atoms with Crippen molar-refractivity contribution in [3.05, 3.63) is 77.6 Å². The first-order valence-electron chi connectivity index (χ1n) is 6.38. The summed E-state index contributed by atoms with van der Waals surface area (Å²) in [6.45, 7) is 0. The highest BCUT2D eigenvalue weighted by Crippen LogP contribution is 2.20. The van der Waals surface area contributed by atoms with Gasteiger partial charge in [-0.05, 0) is 41.7 Å². The van der Waals surface area contributed by atoms with Crippen LogP contribution in [0, 0.1) is 5.82 Å². The van der Waals surface area contributed by atoms with Crippen molar-refractivity contribution in [3.8, 4) is 0 Å². The van der Waals surface area contributed by atoms with Crippen LogP contribution < -0.4 is 0 Å². The molecular formula is C17H15FO2. The van der Waals surface area contributed by atoms with Gasteiger partial charge in [0, 0.05) is 6.08 Å². The van der Waals surface area contributed by atoms with E-state index in [9.17, 15) is 9.18 Å². The molecule has 2 rings (SSSR count). The predicted molar refractivity (Wildman–Crippen MR) is 76.8 cm³/mol. The van der Waals surface area contributed by atoms with Crippen LogP contribution in [-0.2, 0) is 11.2 Å². The molecule has 0 fully saturated rings. The normalized spacial score (nSPS) is 11.3. The number of hydrogen-bond donors (Lipinski definition) is 1. The van der Waals surface area contributed by atoms with E-state index in [1.807, 2.05) is 30.3 Å². The smallest absolute Gasteiger partial charge is 0.328 e. The topological polar surface area (TPSA) is 37.3 Å². The highest BCUT2D eigenvalue weighted by atomic mass is 19.1. The highest BCUT2D eigenvalue weighted by Gasteiger charge is 2.05. The average molecular weight is 270 g/mol. The van der Waals surface area contributed by atoms with Crippen molar-refractivity contribution in [3.63, 3.8) is 0 Å². The van der Waals surface area contributed by atoms with Crippen LogP contribution in [0.5, 0.6) is 0 Å². The van der Waals surface area contributed by atoms with Crippen molar-refractivity contribution >= 4 is 11.5 Å². The van der Waals surface area contributed by atoms with Gasteiger partial charge in [-0.3, -0.25) is 0 Å². The highest BCUT2D eigenvalue weighted by molar-refractivity contribution is 5.90. The fourth-order valence-electron chi connectivity index (χ4n) is 2.03. The minimum Gasteiger partial charge on any atom is -0.478 e. The second-order valence-electron chi connectivity index (χ2n) is 4.50. The third-order valence-corrected chi connectivity index (χ3v) is 3.04. The van der Waals surface area contributed by atoms with Gasteiger partial charge in [-0.15, -0.1) is 0 Å². The predicted octanol–water partition coefficient (Wildman–Crippen LogP) is 3.93. The molecule has 0 unspecified atom stereocenters. The first kappa shape index (κ1) is 14.0. The summed E-state index contributed by atoms with van der Waals surface area (Å²) < 4.78 is 12.8. The van der Waals surface area contributed by atoms with Crippen LogP contribution in [0.4, 0.5) is 4.39 Å². The van der Waals surface area contributed by atoms with Gasteiger partial charge in [0.2, 0.25) is 0 Å². The Labute approximate surface area is 117 Å². The van der Waals surface area contributed by atoms with E-state index in [1.54, 1.807) is 12.1 Å². The first-order chi connectivity index (χ1) is 9.65. The molecule has 0 aliphatic carbocycles. The van der Waals surface area contributed by atoms with Crippen molar-refractivity contribution in [2.45, 2.75) is 12.8 Å². The molecule has 1 N–H and O–H groups in total. The average Bonchev–Trinajstić information content (AvgIpc) is 2.46. The van der Waals surface area contributed by atoms with E-state index >= 15 is 0 Å². The van der Waals surface area contributed by atoms with E-state index in [0.717, 1.165) is 16.7 Å². The van der Waals surface area contributed by atoms with E-state index in [4.69, 9.17) is 5.11 Å². The number of hydrogen-bond acceptors (Lipinski definition) is 1. The molecule has 0 aromatic heterocycles. The van der Waals surface area contributed by atoms with Gasteiger partial charge in [0.1, 0.15) is 5.82 Å². The Morgan fingerprint density at radius 3 is 2.30 bits per heavy atom. The zero-order chi connectivity index (χ0) is 14.4. The molecule has 2 aromatic rings. The maximum absolute atomic E-state index is 12.8. The van der Waals surface area contributed by atoms with Crippen LogP contribution >= 0.6 is 0 Å². The Kier molecular flexibility index (Phi) is 4.66. The molecule has 0 saturated heterocycles. The maximum atomic E-state index is 12.8. The number of halogens is 1. The quantitative estimate of drug-likeness (QED) is 0.836. The molecule has 2 aromatic carbocycles. The minimum atomic E-state index is -0.956. The summed E-state index contributed by atoms with van der Waals surface area (Å²) in [5.74, 6) is -1.22. The van der Waals surface area contributed by atoms with Crippen LogP contribution in [0.15, 0.2) is 60.7 Å². The molecule has 102 valence electrons. The van der Waals surface area contributed by atoms with Gasteiger partial charge in [0.25, 0.3) is 0 Å². The molecular weight excluding hydrogens is 255 g/mol. The number of carboxylic acids is 1. The van der Waals surface area contributed by atoms with Gasteiger partial charge in [0.15, 0.2) is 0 Å². The van der Waals surface area contributed by atoms with Crippen LogP contribution in [0.2, 0.25) is 0 Å². The monoisotopic (exact) mass is 270 g/mol. The number of allylic oxidation sites excluding steroid dienone is 1. The largest absolute Gasteiger partial charge is 0.478 e. The molecule has 0 atom stereocenters. The lowest BCUT2D eigenvalue weighted by Crippen LogP contribution is -1.95. The van der Waals surface area contributed by atoms with Crippen molar-refractivity contribution in [1.82, 2.24) is 0 Å². The third kappa shape index (κ3) is 4.05. The van der Waals surface area contributed by atoms with Crippen molar-refractivity contribution in [1.29, 1.82) is 0 Å². The van der Waals surface area contributed by atoms with E-state index in [-0.39, 0.29) is 5.82 Å². The summed E-state index contributed by atoms with van der Waals surface area (Å²) in [7, 11) is 0. The maximum Gasteiger partial charge on any atom is 0.328 e. The van der Waals surface area contributed by atoms with Gasteiger partial charge < -0.3 is 5.11 Å². The molecule has 0 spiro atoms. The molecule has 0 saturated carbocycles. The third-order valence-electron chi connectivity index (χ3n) is 3.04. The molecule has 0 radical (unpaired) electrons. The molecule has 0 bridgehead atoms. The number of carbonyl (C=O) groups is 1. The van der Waals surface area contributed by atoms with Gasteiger partial charge in [0.05, 0.1) is 0 Å². The second kappa shape index (κ2) is 6.66. The lowest BCUT2D eigenvalue weighted by molar-refractivity contribution is -0.131. The molecule has 2 nitrogen and oxygen atoms in total. The fourth-order valence-corrected chi connectivity index (χ4v) is 2.03. The van der Waals surface area contributed by atoms with Gasteiger partial charge in [-0.25, -0.2) is 9.18 Å². The summed E-state index contributed by atoms with van der Waals surface area (Å²) in [5, 5.41) is 8.95. The zero-order valence-corrected chi connectivity index (χ0v) is 10.9.